The van der Waals surface area contributed by atoms with Gasteiger partial charge in [-0.1, -0.05) is 97.9 Å². The Morgan fingerprint density at radius 2 is 1.34 bits per heavy atom. The van der Waals surface area contributed by atoms with Crippen LogP contribution in [0.1, 0.15) is 80.0 Å². The SMILES string of the molecule is CCC(C)Nc1nc2c(ncn2[C@@H]2O[C@H](COP(=O)(OCCC#N)O[C@H]3[C@@H](OC)[C@H](n4cnc5c(NC(=O)c6ccccc6)ncnc54)O[C@@H]3COC(c3ccccc3)(c3ccccc3)c3ccc(OC)cc3)[C@@H](OC(C)=O)[C@H]2OC(C)=O)c(=O)[nH]1. The van der Waals surface area contributed by atoms with Gasteiger partial charge in [-0.15, -0.1) is 0 Å². The number of phosphoric acid groups is 1. The van der Waals surface area contributed by atoms with E-state index in [1.54, 1.807) is 42.0 Å². The van der Waals surface area contributed by atoms with Gasteiger partial charge in [-0.3, -0.25) is 46.9 Å². The van der Waals surface area contributed by atoms with Gasteiger partial charge in [0.15, 0.2) is 52.8 Å². The van der Waals surface area contributed by atoms with Crippen molar-refractivity contribution in [1.82, 2.24) is 39.0 Å². The molecule has 8 aromatic rings. The molecule has 0 radical (unpaired) electrons. The number of methoxy groups -OCH3 is 2. The van der Waals surface area contributed by atoms with Crippen LogP contribution in [0.4, 0.5) is 11.8 Å². The Morgan fingerprint density at radius 3 is 1.95 bits per heavy atom. The third-order valence-corrected chi connectivity index (χ3v) is 15.9. The summed E-state index contributed by atoms with van der Waals surface area (Å²) in [5.41, 5.74) is 0.883. The number of fused-ring (bicyclic) bond motifs is 2. The van der Waals surface area contributed by atoms with Gasteiger partial charge in [-0.2, -0.15) is 10.2 Å². The number of imidazole rings is 2. The number of aromatic nitrogens is 8. The second kappa shape index (κ2) is 26.7. The van der Waals surface area contributed by atoms with E-state index in [2.05, 4.69) is 40.5 Å². The molecule has 86 heavy (non-hydrogen) atoms. The first-order chi connectivity index (χ1) is 41.7. The molecule has 26 nitrogen and oxygen atoms in total. The van der Waals surface area contributed by atoms with E-state index in [1.807, 2.05) is 105 Å². The van der Waals surface area contributed by atoms with Crippen molar-refractivity contribution in [2.24, 2.45) is 0 Å². The van der Waals surface area contributed by atoms with Crippen LogP contribution in [0.2, 0.25) is 0 Å². The van der Waals surface area contributed by atoms with Crippen LogP contribution in [-0.2, 0) is 61.7 Å². The summed E-state index contributed by atoms with van der Waals surface area (Å²) in [4.78, 5) is 77.7. The molecule has 2 fully saturated rings. The number of anilines is 2. The Balaban J connectivity index is 1.04. The fourth-order valence-electron chi connectivity index (χ4n) is 10.3. The smallest absolute Gasteiger partial charge is 0.475 e. The highest BCUT2D eigenvalue weighted by atomic mass is 31.2. The molecule has 1 amide bonds. The lowest BCUT2D eigenvalue weighted by Gasteiger charge is -2.37. The quantitative estimate of drug-likeness (QED) is 0.0215. The van der Waals surface area contributed by atoms with E-state index >= 15 is 4.57 Å². The molecule has 0 spiro atoms. The normalized spacial score (nSPS) is 21.3. The number of ether oxygens (including phenoxy) is 7. The summed E-state index contributed by atoms with van der Waals surface area (Å²) >= 11 is 0. The lowest BCUT2D eigenvalue weighted by molar-refractivity contribution is -0.165. The summed E-state index contributed by atoms with van der Waals surface area (Å²) in [6, 6.07) is 36.9. The lowest BCUT2D eigenvalue weighted by atomic mass is 9.80. The molecule has 0 aliphatic carbocycles. The van der Waals surface area contributed by atoms with E-state index in [1.165, 1.54) is 30.7 Å². The molecule has 2 aliphatic heterocycles. The van der Waals surface area contributed by atoms with E-state index in [-0.39, 0.29) is 53.2 Å². The number of H-pyrrole nitrogens is 1. The predicted molar refractivity (Wildman–Crippen MR) is 307 cm³/mol. The Kier molecular flexibility index (Phi) is 18.7. The van der Waals surface area contributed by atoms with Gasteiger partial charge >= 0.3 is 19.8 Å². The molecule has 2 aliphatic rings. The molecule has 4 aromatic carbocycles. The Morgan fingerprint density at radius 1 is 0.744 bits per heavy atom. The minimum absolute atomic E-state index is 0.0224. The van der Waals surface area contributed by atoms with Crippen LogP contribution in [0, 0.1) is 11.3 Å². The lowest BCUT2D eigenvalue weighted by Crippen LogP contribution is -2.42. The first-order valence-electron chi connectivity index (χ1n) is 27.5. The molecule has 0 saturated carbocycles. The number of carbonyl (C=O) groups is 3. The fourth-order valence-corrected chi connectivity index (χ4v) is 11.7. The average molecular weight is 1200 g/mol. The summed E-state index contributed by atoms with van der Waals surface area (Å²) in [6.07, 6.45) is -6.49. The van der Waals surface area contributed by atoms with Crippen molar-refractivity contribution in [2.75, 3.05) is 44.7 Å². The van der Waals surface area contributed by atoms with Crippen molar-refractivity contribution in [3.8, 4) is 11.8 Å². The van der Waals surface area contributed by atoms with Crippen molar-refractivity contribution in [3.63, 3.8) is 0 Å². The van der Waals surface area contributed by atoms with Gasteiger partial charge < -0.3 is 43.8 Å². The fraction of sp³-hybridized carbons (Fsp3) is 0.356. The van der Waals surface area contributed by atoms with E-state index in [0.717, 1.165) is 25.0 Å². The van der Waals surface area contributed by atoms with Crippen molar-refractivity contribution in [2.45, 2.75) is 101 Å². The number of rotatable bonds is 25. The largest absolute Gasteiger partial charge is 0.497 e. The molecule has 2 unspecified atom stereocenters. The number of aromatic amines is 1. The van der Waals surface area contributed by atoms with Gasteiger partial charge in [0.05, 0.1) is 52.1 Å². The molecule has 3 N–H and O–H groups in total. The number of hydrogen-bond donors (Lipinski definition) is 3. The first kappa shape index (κ1) is 60.4. The van der Waals surface area contributed by atoms with Crippen LogP contribution in [0.15, 0.2) is 139 Å². The van der Waals surface area contributed by atoms with Gasteiger partial charge in [0.2, 0.25) is 5.95 Å². The van der Waals surface area contributed by atoms with Crippen molar-refractivity contribution in [3.05, 3.63) is 167 Å². The van der Waals surface area contributed by atoms with Crippen LogP contribution >= 0.6 is 7.82 Å². The minimum Gasteiger partial charge on any atom is -0.497 e. The zero-order chi connectivity index (χ0) is 60.5. The number of phosphoric ester groups is 1. The number of benzene rings is 4. The maximum Gasteiger partial charge on any atom is 0.475 e. The van der Waals surface area contributed by atoms with E-state index < -0.39 is 99.1 Å². The number of carbonyl (C=O) groups excluding carboxylic acids is 3. The molecule has 6 heterocycles. The zero-order valence-corrected chi connectivity index (χ0v) is 48.5. The molecule has 10 atom stereocenters. The number of nitrogens with zero attached hydrogens (tertiary/aromatic N) is 8. The third-order valence-electron chi connectivity index (χ3n) is 14.5. The van der Waals surface area contributed by atoms with Gasteiger partial charge in [-0.05, 0) is 54.3 Å². The summed E-state index contributed by atoms with van der Waals surface area (Å²) in [5, 5.41) is 15.7. The molecule has 2 saturated heterocycles. The number of esters is 2. The number of amides is 1. The summed E-state index contributed by atoms with van der Waals surface area (Å²) in [7, 11) is -2.09. The van der Waals surface area contributed by atoms with Crippen molar-refractivity contribution >= 4 is 59.8 Å². The standard InChI is InChI=1S/C59H62N11O15P/c1-7-35(2)65-58-67-53-46(55(74)68-58)64-34-70(53)57-50(82-37(4)72)47(81-36(3)71)44(84-57)31-80-86(75,79-29-17-28-60)85-48-43(30-78-59(39-20-13-9-14-21-39,40-22-15-10-16-23-40)41-24-26-42(76-5)27-25-41)83-56(49(48)77-6)69-33-63-45-51(61-32-62-52(45)69)66-54(73)38-18-11-8-12-19-38/h8-16,18-27,32-35,43-44,47-50,56-57H,7,17,29-31H2,1-6H3,(H,61,62,66,73)(H2,65,67,68,74)/t35?,43-,44-,47-,48-,49-,50-,56-,57-,86?/m1/s1. The highest BCUT2D eigenvalue weighted by Gasteiger charge is 2.55. The van der Waals surface area contributed by atoms with Crippen LogP contribution in [0.3, 0.4) is 0 Å². The molecule has 27 heteroatoms. The second-order valence-electron chi connectivity index (χ2n) is 20.0. The van der Waals surface area contributed by atoms with Gasteiger partial charge in [-0.25, -0.2) is 24.5 Å². The van der Waals surface area contributed by atoms with Gasteiger partial charge in [0.25, 0.3) is 11.5 Å². The topological polar surface area (TPSA) is 316 Å². The maximum absolute atomic E-state index is 15.7. The highest BCUT2D eigenvalue weighted by molar-refractivity contribution is 7.48. The Hall–Kier alpha value is -8.77. The van der Waals surface area contributed by atoms with Crippen molar-refractivity contribution < 1.29 is 65.7 Å². The van der Waals surface area contributed by atoms with E-state index in [9.17, 15) is 24.4 Å². The monoisotopic (exact) mass is 1200 g/mol. The number of nitrogens with one attached hydrogen (secondary N) is 3. The molecule has 10 rings (SSSR count). The van der Waals surface area contributed by atoms with Crippen LogP contribution < -0.4 is 20.9 Å². The minimum atomic E-state index is -5.04. The summed E-state index contributed by atoms with van der Waals surface area (Å²) < 4.78 is 81.7. The van der Waals surface area contributed by atoms with Crippen molar-refractivity contribution in [1.29, 1.82) is 5.26 Å². The zero-order valence-electron chi connectivity index (χ0n) is 47.6. The second-order valence-corrected chi connectivity index (χ2v) is 21.7. The molecular formula is C59H62N11O15P. The average Bonchev–Trinajstić information content (AvgIpc) is 1.68. The van der Waals surface area contributed by atoms with Crippen LogP contribution in [0.5, 0.6) is 5.75 Å². The Bertz CT molecular complexity index is 3770. The predicted octanol–water partition coefficient (Wildman–Crippen LogP) is 7.55. The molecule has 4 aromatic heterocycles. The summed E-state index contributed by atoms with van der Waals surface area (Å²) in [5.74, 6) is -1.24. The van der Waals surface area contributed by atoms with E-state index in [4.69, 9.17) is 46.7 Å². The molecule has 448 valence electrons. The third kappa shape index (κ3) is 12.8. The van der Waals surface area contributed by atoms with Crippen LogP contribution in [-0.4, -0.2) is 134 Å². The Labute approximate surface area is 492 Å². The van der Waals surface area contributed by atoms with E-state index in [0.29, 0.717) is 23.3 Å². The number of nitriles is 1. The molecule has 0 bridgehead atoms. The number of hydrogen-bond acceptors (Lipinski definition) is 22. The van der Waals surface area contributed by atoms with Crippen LogP contribution in [0.25, 0.3) is 22.3 Å². The molecular weight excluding hydrogens is 1130 g/mol. The first-order valence-corrected chi connectivity index (χ1v) is 28.9. The summed E-state index contributed by atoms with van der Waals surface area (Å²) in [6.45, 7) is 4.59. The maximum atomic E-state index is 15.7. The van der Waals surface area contributed by atoms with Gasteiger partial charge in [0.1, 0.15) is 42.1 Å². The highest BCUT2D eigenvalue weighted by Crippen LogP contribution is 2.55. The van der Waals surface area contributed by atoms with Gasteiger partial charge in [0, 0.05) is 32.6 Å².